The molecule has 0 fully saturated rings. The van der Waals surface area contributed by atoms with Crippen LogP contribution in [0, 0.1) is 27.4 Å². The fourth-order valence-corrected chi connectivity index (χ4v) is 4.08. The van der Waals surface area contributed by atoms with Gasteiger partial charge >= 0.3 is 5.69 Å². The molecule has 9 nitrogen and oxygen atoms in total. The van der Waals surface area contributed by atoms with E-state index in [2.05, 4.69) is 11.4 Å². The SMILES string of the molecule is COc1cc(C(C#N)(CCCNCCCOc2ccccc2[N+](=O)[O-])C(C)C)cc(OC)c1OC. The summed E-state index contributed by atoms with van der Waals surface area (Å²) in [5.41, 5.74) is 0.0836. The number of rotatable bonds is 15. The van der Waals surface area contributed by atoms with Gasteiger partial charge in [-0.05, 0) is 62.0 Å². The minimum Gasteiger partial charge on any atom is -0.493 e. The number of nitro benzene ring substituents is 1. The maximum atomic E-state index is 11.1. The second-order valence-corrected chi connectivity index (χ2v) is 8.43. The van der Waals surface area contributed by atoms with Crippen LogP contribution in [0.3, 0.4) is 0 Å². The van der Waals surface area contributed by atoms with E-state index in [1.54, 1.807) is 39.5 Å². The lowest BCUT2D eigenvalue weighted by Crippen LogP contribution is -2.32. The van der Waals surface area contributed by atoms with Crippen molar-refractivity contribution in [1.82, 2.24) is 5.32 Å². The third-order valence-electron chi connectivity index (χ3n) is 6.11. The van der Waals surface area contributed by atoms with Crippen molar-refractivity contribution in [2.24, 2.45) is 5.92 Å². The second kappa shape index (κ2) is 13.4. The monoisotopic (exact) mass is 485 g/mol. The molecule has 1 atom stereocenters. The van der Waals surface area contributed by atoms with Gasteiger partial charge in [-0.3, -0.25) is 10.1 Å². The predicted molar refractivity (Wildman–Crippen MR) is 134 cm³/mol. The molecule has 0 aliphatic carbocycles. The number of nitrogens with one attached hydrogen (secondary N) is 1. The first-order chi connectivity index (χ1) is 16.8. The van der Waals surface area contributed by atoms with E-state index in [1.165, 1.54) is 6.07 Å². The highest BCUT2D eigenvalue weighted by Gasteiger charge is 2.37. The van der Waals surface area contributed by atoms with Crippen LogP contribution in [-0.4, -0.2) is 45.9 Å². The lowest BCUT2D eigenvalue weighted by molar-refractivity contribution is -0.385. The number of nitro groups is 1. The number of ether oxygens (including phenoxy) is 4. The third-order valence-corrected chi connectivity index (χ3v) is 6.11. The van der Waals surface area contributed by atoms with Crippen molar-refractivity contribution < 1.29 is 23.9 Å². The Morgan fingerprint density at radius 2 is 1.66 bits per heavy atom. The van der Waals surface area contributed by atoms with E-state index >= 15 is 0 Å². The van der Waals surface area contributed by atoms with Crippen molar-refractivity contribution >= 4 is 5.69 Å². The standard InChI is InChI=1S/C26H35N3O6/c1-19(2)26(18-27,20-16-23(32-3)25(34-5)24(17-20)33-4)12-8-13-28-14-9-15-35-22-11-7-6-10-21(22)29(30)31/h6-7,10-11,16-17,19,28H,8-9,12-15H2,1-5H3. The van der Waals surface area contributed by atoms with Crippen molar-refractivity contribution in [3.05, 3.63) is 52.1 Å². The fraction of sp³-hybridized carbons (Fsp3) is 0.500. The number of nitrogens with zero attached hydrogens (tertiary/aromatic N) is 2. The molecule has 1 N–H and O–H groups in total. The summed E-state index contributed by atoms with van der Waals surface area (Å²) < 4.78 is 22.0. The molecule has 190 valence electrons. The van der Waals surface area contributed by atoms with E-state index < -0.39 is 10.3 Å². The van der Waals surface area contributed by atoms with Crippen molar-refractivity contribution in [3.63, 3.8) is 0 Å². The van der Waals surface area contributed by atoms with Gasteiger partial charge in [-0.2, -0.15) is 5.26 Å². The van der Waals surface area contributed by atoms with Crippen LogP contribution in [0.2, 0.25) is 0 Å². The highest BCUT2D eigenvalue weighted by atomic mass is 16.6. The van der Waals surface area contributed by atoms with Crippen LogP contribution in [0.5, 0.6) is 23.0 Å². The molecule has 0 radical (unpaired) electrons. The lowest BCUT2D eigenvalue weighted by Gasteiger charge is -2.32. The number of nitriles is 1. The van der Waals surface area contributed by atoms with Gasteiger partial charge in [0.05, 0.1) is 44.3 Å². The Hall–Kier alpha value is -3.51. The van der Waals surface area contributed by atoms with Crippen LogP contribution in [-0.2, 0) is 5.41 Å². The first-order valence-electron chi connectivity index (χ1n) is 11.6. The second-order valence-electron chi connectivity index (χ2n) is 8.43. The van der Waals surface area contributed by atoms with E-state index in [0.29, 0.717) is 43.2 Å². The summed E-state index contributed by atoms with van der Waals surface area (Å²) >= 11 is 0. The Bertz CT molecular complexity index is 995. The molecule has 35 heavy (non-hydrogen) atoms. The molecule has 0 aromatic heterocycles. The van der Waals surface area contributed by atoms with Gasteiger partial charge < -0.3 is 24.3 Å². The summed E-state index contributed by atoms with van der Waals surface area (Å²) in [5, 5.41) is 24.7. The number of hydrogen-bond acceptors (Lipinski definition) is 8. The molecular formula is C26H35N3O6. The Balaban J connectivity index is 1.94. The van der Waals surface area contributed by atoms with Gasteiger partial charge in [0.15, 0.2) is 17.2 Å². The molecule has 0 amide bonds. The number of methoxy groups -OCH3 is 3. The molecule has 0 saturated carbocycles. The van der Waals surface area contributed by atoms with Crippen molar-refractivity contribution in [2.75, 3.05) is 41.0 Å². The van der Waals surface area contributed by atoms with Crippen molar-refractivity contribution in [1.29, 1.82) is 5.26 Å². The maximum absolute atomic E-state index is 11.1. The molecule has 0 aliphatic heterocycles. The molecule has 0 heterocycles. The van der Waals surface area contributed by atoms with Gasteiger partial charge in [0, 0.05) is 6.07 Å². The van der Waals surface area contributed by atoms with E-state index in [1.807, 2.05) is 26.0 Å². The summed E-state index contributed by atoms with van der Waals surface area (Å²) in [7, 11) is 4.68. The van der Waals surface area contributed by atoms with Crippen LogP contribution in [0.1, 0.15) is 38.7 Å². The molecule has 2 aromatic rings. The zero-order chi connectivity index (χ0) is 25.8. The fourth-order valence-electron chi connectivity index (χ4n) is 4.08. The van der Waals surface area contributed by atoms with Crippen LogP contribution in [0.15, 0.2) is 36.4 Å². The van der Waals surface area contributed by atoms with Crippen LogP contribution < -0.4 is 24.3 Å². The van der Waals surface area contributed by atoms with Crippen LogP contribution >= 0.6 is 0 Å². The molecule has 0 bridgehead atoms. The van der Waals surface area contributed by atoms with E-state index in [9.17, 15) is 15.4 Å². The van der Waals surface area contributed by atoms with E-state index in [-0.39, 0.29) is 17.4 Å². The Morgan fingerprint density at radius 1 is 1.03 bits per heavy atom. The molecular weight excluding hydrogens is 450 g/mol. The molecule has 9 heteroatoms. The van der Waals surface area contributed by atoms with Crippen molar-refractivity contribution in [3.8, 4) is 29.1 Å². The zero-order valence-corrected chi connectivity index (χ0v) is 21.1. The molecule has 0 aliphatic rings. The summed E-state index contributed by atoms with van der Waals surface area (Å²) in [6, 6.07) is 12.6. The van der Waals surface area contributed by atoms with Gasteiger partial charge in [0.2, 0.25) is 5.75 Å². The first-order valence-corrected chi connectivity index (χ1v) is 11.6. The van der Waals surface area contributed by atoms with E-state index in [0.717, 1.165) is 18.5 Å². The van der Waals surface area contributed by atoms with Gasteiger partial charge in [-0.15, -0.1) is 0 Å². The highest BCUT2D eigenvalue weighted by molar-refractivity contribution is 5.56. The normalized spacial score (nSPS) is 12.5. The maximum Gasteiger partial charge on any atom is 0.310 e. The Kier molecular flexibility index (Phi) is 10.6. The number of benzene rings is 2. The summed E-state index contributed by atoms with van der Waals surface area (Å²) in [4.78, 5) is 10.6. The average molecular weight is 486 g/mol. The summed E-state index contributed by atoms with van der Waals surface area (Å²) in [6.45, 7) is 5.88. The lowest BCUT2D eigenvalue weighted by atomic mass is 9.69. The summed E-state index contributed by atoms with van der Waals surface area (Å²) in [6.07, 6.45) is 2.14. The zero-order valence-electron chi connectivity index (χ0n) is 21.1. The topological polar surface area (TPSA) is 116 Å². The smallest absolute Gasteiger partial charge is 0.310 e. The van der Waals surface area contributed by atoms with Crippen molar-refractivity contribution in [2.45, 2.75) is 38.5 Å². The van der Waals surface area contributed by atoms with Gasteiger partial charge in [-0.1, -0.05) is 26.0 Å². The molecule has 1 unspecified atom stereocenters. The molecule has 0 spiro atoms. The predicted octanol–water partition coefficient (Wildman–Crippen LogP) is 4.88. The van der Waals surface area contributed by atoms with Gasteiger partial charge in [0.1, 0.15) is 0 Å². The molecule has 2 aromatic carbocycles. The third kappa shape index (κ3) is 6.76. The van der Waals surface area contributed by atoms with E-state index in [4.69, 9.17) is 18.9 Å². The minimum atomic E-state index is -0.718. The van der Waals surface area contributed by atoms with Crippen LogP contribution in [0.25, 0.3) is 0 Å². The first kappa shape index (κ1) is 27.7. The van der Waals surface area contributed by atoms with Gasteiger partial charge in [0.25, 0.3) is 0 Å². The average Bonchev–Trinajstić information content (AvgIpc) is 2.87. The molecule has 2 rings (SSSR count). The number of para-hydroxylation sites is 2. The van der Waals surface area contributed by atoms with Gasteiger partial charge in [-0.25, -0.2) is 0 Å². The minimum absolute atomic E-state index is 0.0335. The largest absolute Gasteiger partial charge is 0.493 e. The Labute approximate surface area is 207 Å². The summed E-state index contributed by atoms with van der Waals surface area (Å²) in [5.74, 6) is 1.89. The van der Waals surface area contributed by atoms with Crippen LogP contribution in [0.4, 0.5) is 5.69 Å². The quantitative estimate of drug-likeness (QED) is 0.216. The Morgan fingerprint density at radius 3 is 2.20 bits per heavy atom. The number of hydrogen-bond donors (Lipinski definition) is 1. The highest BCUT2D eigenvalue weighted by Crippen LogP contribution is 2.45. The molecule has 0 saturated heterocycles.